The zero-order valence-electron chi connectivity index (χ0n) is 12.7. The van der Waals surface area contributed by atoms with Crippen LogP contribution in [0.25, 0.3) is 0 Å². The summed E-state index contributed by atoms with van der Waals surface area (Å²) in [6.07, 6.45) is 0. The number of sulfonamides is 1. The largest absolute Gasteiger partial charge is 0.497 e. The van der Waals surface area contributed by atoms with Crippen LogP contribution in [0.5, 0.6) is 11.5 Å². The number of methoxy groups -OCH3 is 1. The molecule has 6 nitrogen and oxygen atoms in total. The molecule has 1 heterocycles. The van der Waals surface area contributed by atoms with Crippen LogP contribution in [0, 0.1) is 0 Å². The van der Waals surface area contributed by atoms with Crippen molar-refractivity contribution >= 4 is 15.7 Å². The summed E-state index contributed by atoms with van der Waals surface area (Å²) in [6, 6.07) is 11.7. The number of ether oxygens (including phenoxy) is 2. The molecular formula is C16H18N2O4S. The standard InChI is InChI=1S/C16H18N2O4S/c1-21-13-4-7-15-16(10-13)22-9-8-18(15)23(19,20)14-5-2-12(11-17)3-6-14/h2-7,10H,8-9,11,17H2,1H3. The first-order valence-electron chi connectivity index (χ1n) is 7.19. The Morgan fingerprint density at radius 3 is 2.61 bits per heavy atom. The van der Waals surface area contributed by atoms with E-state index in [1.54, 1.807) is 49.6 Å². The molecule has 0 atom stereocenters. The molecule has 0 aromatic heterocycles. The zero-order valence-corrected chi connectivity index (χ0v) is 13.5. The van der Waals surface area contributed by atoms with Crippen molar-refractivity contribution in [2.75, 3.05) is 24.6 Å². The molecule has 0 aliphatic carbocycles. The molecule has 0 fully saturated rings. The Labute approximate surface area is 135 Å². The van der Waals surface area contributed by atoms with Crippen molar-refractivity contribution in [1.29, 1.82) is 0 Å². The van der Waals surface area contributed by atoms with Gasteiger partial charge < -0.3 is 15.2 Å². The average molecular weight is 334 g/mol. The van der Waals surface area contributed by atoms with Crippen LogP contribution in [0.1, 0.15) is 5.56 Å². The van der Waals surface area contributed by atoms with Crippen LogP contribution in [-0.4, -0.2) is 28.7 Å². The van der Waals surface area contributed by atoms with Gasteiger partial charge in [0.1, 0.15) is 18.1 Å². The fourth-order valence-electron chi connectivity index (χ4n) is 2.48. The van der Waals surface area contributed by atoms with Crippen molar-refractivity contribution < 1.29 is 17.9 Å². The van der Waals surface area contributed by atoms with Gasteiger partial charge in [0.05, 0.1) is 24.2 Å². The Bertz CT molecular complexity index is 803. The Morgan fingerprint density at radius 1 is 1.22 bits per heavy atom. The first-order chi connectivity index (χ1) is 11.1. The van der Waals surface area contributed by atoms with E-state index in [1.165, 1.54) is 4.31 Å². The smallest absolute Gasteiger partial charge is 0.264 e. The van der Waals surface area contributed by atoms with Crippen LogP contribution in [0.4, 0.5) is 5.69 Å². The van der Waals surface area contributed by atoms with Gasteiger partial charge in [-0.3, -0.25) is 4.31 Å². The van der Waals surface area contributed by atoms with Gasteiger partial charge in [-0.15, -0.1) is 0 Å². The molecule has 0 spiro atoms. The van der Waals surface area contributed by atoms with E-state index in [0.29, 0.717) is 30.3 Å². The first kappa shape index (κ1) is 15.6. The number of fused-ring (bicyclic) bond motifs is 1. The molecule has 23 heavy (non-hydrogen) atoms. The molecule has 0 radical (unpaired) electrons. The second-order valence-electron chi connectivity index (χ2n) is 5.11. The molecule has 0 saturated carbocycles. The van der Waals surface area contributed by atoms with Gasteiger partial charge in [0.15, 0.2) is 0 Å². The quantitative estimate of drug-likeness (QED) is 0.921. The third-order valence-corrected chi connectivity index (χ3v) is 5.56. The topological polar surface area (TPSA) is 81.9 Å². The normalized spacial score (nSPS) is 14.1. The van der Waals surface area contributed by atoms with Crippen LogP contribution in [-0.2, 0) is 16.6 Å². The van der Waals surface area contributed by atoms with Crippen molar-refractivity contribution in [3.63, 3.8) is 0 Å². The summed E-state index contributed by atoms with van der Waals surface area (Å²) in [6.45, 7) is 0.932. The average Bonchev–Trinajstić information content (AvgIpc) is 2.60. The van der Waals surface area contributed by atoms with Crippen LogP contribution in [0.15, 0.2) is 47.4 Å². The summed E-state index contributed by atoms with van der Waals surface area (Å²) in [7, 11) is -2.09. The summed E-state index contributed by atoms with van der Waals surface area (Å²) >= 11 is 0. The Balaban J connectivity index is 2.01. The summed E-state index contributed by atoms with van der Waals surface area (Å²) in [5.74, 6) is 1.12. The maximum Gasteiger partial charge on any atom is 0.264 e. The zero-order chi connectivity index (χ0) is 16.4. The number of hydrogen-bond donors (Lipinski definition) is 1. The van der Waals surface area contributed by atoms with E-state index in [2.05, 4.69) is 0 Å². The number of rotatable bonds is 4. The molecular weight excluding hydrogens is 316 g/mol. The van der Waals surface area contributed by atoms with Crippen molar-refractivity contribution in [3.8, 4) is 11.5 Å². The van der Waals surface area contributed by atoms with Crippen LogP contribution < -0.4 is 19.5 Å². The van der Waals surface area contributed by atoms with Crippen molar-refractivity contribution in [2.45, 2.75) is 11.4 Å². The van der Waals surface area contributed by atoms with Crippen LogP contribution in [0.3, 0.4) is 0 Å². The minimum atomic E-state index is -3.65. The molecule has 1 aliphatic rings. The third kappa shape index (κ3) is 2.85. The van der Waals surface area contributed by atoms with E-state index in [0.717, 1.165) is 5.56 Å². The van der Waals surface area contributed by atoms with Gasteiger partial charge in [-0.25, -0.2) is 8.42 Å². The van der Waals surface area contributed by atoms with E-state index in [9.17, 15) is 8.42 Å². The lowest BCUT2D eigenvalue weighted by Crippen LogP contribution is -2.37. The maximum atomic E-state index is 12.9. The number of nitrogens with zero attached hydrogens (tertiary/aromatic N) is 1. The first-order valence-corrected chi connectivity index (χ1v) is 8.63. The molecule has 3 rings (SSSR count). The lowest BCUT2D eigenvalue weighted by Gasteiger charge is -2.30. The summed E-state index contributed by atoms with van der Waals surface area (Å²) in [4.78, 5) is 0.235. The summed E-state index contributed by atoms with van der Waals surface area (Å²) in [5, 5.41) is 0. The highest BCUT2D eigenvalue weighted by Gasteiger charge is 2.30. The van der Waals surface area contributed by atoms with Gasteiger partial charge in [0, 0.05) is 12.6 Å². The predicted octanol–water partition coefficient (Wildman–Crippen LogP) is 1.74. The fourth-order valence-corrected chi connectivity index (χ4v) is 3.94. The van der Waals surface area contributed by atoms with Crippen LogP contribution >= 0.6 is 0 Å². The Morgan fingerprint density at radius 2 is 1.96 bits per heavy atom. The highest BCUT2D eigenvalue weighted by Crippen LogP contribution is 2.37. The van der Waals surface area contributed by atoms with E-state index in [4.69, 9.17) is 15.2 Å². The Kier molecular flexibility index (Phi) is 4.14. The molecule has 0 saturated heterocycles. The van der Waals surface area contributed by atoms with E-state index in [1.807, 2.05) is 0 Å². The van der Waals surface area contributed by atoms with Crippen molar-refractivity contribution in [1.82, 2.24) is 0 Å². The van der Waals surface area contributed by atoms with Gasteiger partial charge in [-0.2, -0.15) is 0 Å². The van der Waals surface area contributed by atoms with Gasteiger partial charge in [-0.1, -0.05) is 12.1 Å². The fraction of sp³-hybridized carbons (Fsp3) is 0.250. The monoisotopic (exact) mass is 334 g/mol. The minimum Gasteiger partial charge on any atom is -0.497 e. The number of hydrogen-bond acceptors (Lipinski definition) is 5. The van der Waals surface area contributed by atoms with E-state index >= 15 is 0 Å². The van der Waals surface area contributed by atoms with E-state index < -0.39 is 10.0 Å². The van der Waals surface area contributed by atoms with Gasteiger partial charge in [0.2, 0.25) is 0 Å². The molecule has 2 aromatic carbocycles. The lowest BCUT2D eigenvalue weighted by molar-refractivity contribution is 0.313. The van der Waals surface area contributed by atoms with E-state index in [-0.39, 0.29) is 11.4 Å². The van der Waals surface area contributed by atoms with Crippen LogP contribution in [0.2, 0.25) is 0 Å². The predicted molar refractivity (Wildman–Crippen MR) is 87.4 cm³/mol. The molecule has 2 aromatic rings. The van der Waals surface area contributed by atoms with Gasteiger partial charge in [-0.05, 0) is 29.8 Å². The SMILES string of the molecule is COc1ccc2c(c1)OCCN2S(=O)(=O)c1ccc(CN)cc1. The molecule has 2 N–H and O–H groups in total. The summed E-state index contributed by atoms with van der Waals surface area (Å²) in [5.41, 5.74) is 6.95. The Hall–Kier alpha value is -2.25. The molecule has 7 heteroatoms. The van der Waals surface area contributed by atoms with Gasteiger partial charge >= 0.3 is 0 Å². The third-order valence-electron chi connectivity index (χ3n) is 3.73. The summed E-state index contributed by atoms with van der Waals surface area (Å²) < 4.78 is 37.9. The number of anilines is 1. The van der Waals surface area contributed by atoms with Crippen molar-refractivity contribution in [2.24, 2.45) is 5.73 Å². The highest BCUT2D eigenvalue weighted by molar-refractivity contribution is 7.92. The lowest BCUT2D eigenvalue weighted by atomic mass is 10.2. The second-order valence-corrected chi connectivity index (χ2v) is 6.97. The second kappa shape index (κ2) is 6.10. The highest BCUT2D eigenvalue weighted by atomic mass is 32.2. The van der Waals surface area contributed by atoms with Crippen molar-refractivity contribution in [3.05, 3.63) is 48.0 Å². The minimum absolute atomic E-state index is 0.235. The molecule has 0 unspecified atom stereocenters. The molecule has 1 aliphatic heterocycles. The molecule has 0 amide bonds. The maximum absolute atomic E-state index is 12.9. The number of nitrogens with two attached hydrogens (primary N) is 1. The number of benzene rings is 2. The molecule has 0 bridgehead atoms. The molecule has 122 valence electrons. The van der Waals surface area contributed by atoms with Gasteiger partial charge in [0.25, 0.3) is 10.0 Å².